The van der Waals surface area contributed by atoms with E-state index in [-0.39, 0.29) is 12.2 Å². The quantitative estimate of drug-likeness (QED) is 0.648. The predicted molar refractivity (Wildman–Crippen MR) is 94.3 cm³/mol. The fraction of sp³-hybridized carbons (Fsp3) is 0.200. The van der Waals surface area contributed by atoms with Crippen LogP contribution in [0.2, 0.25) is 0 Å². The van der Waals surface area contributed by atoms with Gasteiger partial charge in [-0.3, -0.25) is 0 Å². The van der Waals surface area contributed by atoms with Crippen molar-refractivity contribution in [1.82, 2.24) is 5.32 Å². The highest BCUT2D eigenvalue weighted by Crippen LogP contribution is 2.10. The van der Waals surface area contributed by atoms with Gasteiger partial charge in [-0.25, -0.2) is 9.59 Å². The van der Waals surface area contributed by atoms with Crippen molar-refractivity contribution in [2.75, 3.05) is 6.54 Å². The van der Waals surface area contributed by atoms with E-state index in [2.05, 4.69) is 17.2 Å². The van der Waals surface area contributed by atoms with Crippen LogP contribution in [0.1, 0.15) is 33.5 Å². The Morgan fingerprint density at radius 1 is 1.16 bits per heavy atom. The van der Waals surface area contributed by atoms with Crippen LogP contribution >= 0.6 is 0 Å². The highest BCUT2D eigenvalue weighted by Gasteiger charge is 2.04. The number of nitrogens with one attached hydrogen (secondary N) is 1. The van der Waals surface area contributed by atoms with Crippen LogP contribution in [0.4, 0.5) is 4.79 Å². The fourth-order valence-corrected chi connectivity index (χ4v) is 2.10. The van der Waals surface area contributed by atoms with Gasteiger partial charge in [-0.2, -0.15) is 0 Å². The summed E-state index contributed by atoms with van der Waals surface area (Å²) in [5.74, 6) is 4.97. The molecule has 0 saturated heterocycles. The normalized spacial score (nSPS) is 9.64. The molecule has 2 rings (SSSR count). The third-order valence-electron chi connectivity index (χ3n) is 3.43. The molecule has 0 aliphatic heterocycles. The Bertz CT molecular complexity index is 803. The molecule has 0 aliphatic rings. The molecule has 0 atom stereocenters. The van der Waals surface area contributed by atoms with Gasteiger partial charge in [0.05, 0.1) is 5.56 Å². The number of ether oxygens (including phenoxy) is 1. The number of amides is 1. The van der Waals surface area contributed by atoms with E-state index >= 15 is 0 Å². The van der Waals surface area contributed by atoms with Gasteiger partial charge in [0.25, 0.3) is 0 Å². The monoisotopic (exact) mass is 337 g/mol. The molecule has 2 aromatic carbocycles. The molecule has 0 saturated carbocycles. The number of benzene rings is 2. The lowest BCUT2D eigenvalue weighted by molar-refractivity contribution is 0.0696. The molecule has 5 nitrogen and oxygen atoms in total. The molecule has 1 amide bonds. The molecule has 5 heteroatoms. The predicted octanol–water partition coefficient (Wildman–Crippen LogP) is 3.36. The van der Waals surface area contributed by atoms with Gasteiger partial charge < -0.3 is 15.2 Å². The highest BCUT2D eigenvalue weighted by atomic mass is 16.5. The summed E-state index contributed by atoms with van der Waals surface area (Å²) >= 11 is 0. The third kappa shape index (κ3) is 6.04. The largest absolute Gasteiger partial charge is 0.478 e. The Kier molecular flexibility index (Phi) is 6.61. The first-order chi connectivity index (χ1) is 12.1. The summed E-state index contributed by atoms with van der Waals surface area (Å²) in [5, 5.41) is 11.6. The zero-order valence-corrected chi connectivity index (χ0v) is 13.9. The fourth-order valence-electron chi connectivity index (χ4n) is 2.10. The molecule has 2 aromatic rings. The van der Waals surface area contributed by atoms with E-state index in [4.69, 9.17) is 9.84 Å². The van der Waals surface area contributed by atoms with Crippen molar-refractivity contribution in [3.63, 3.8) is 0 Å². The van der Waals surface area contributed by atoms with Crippen LogP contribution in [0.5, 0.6) is 0 Å². The van der Waals surface area contributed by atoms with E-state index in [1.165, 1.54) is 6.07 Å². The molecule has 0 fully saturated rings. The van der Waals surface area contributed by atoms with Crippen LogP contribution in [0.3, 0.4) is 0 Å². The molecular weight excluding hydrogens is 318 g/mol. The van der Waals surface area contributed by atoms with Crippen LogP contribution in [0.15, 0.2) is 48.5 Å². The van der Waals surface area contributed by atoms with Crippen LogP contribution in [-0.4, -0.2) is 23.7 Å². The van der Waals surface area contributed by atoms with E-state index in [0.717, 1.165) is 16.7 Å². The number of hydrogen-bond acceptors (Lipinski definition) is 3. The molecule has 0 radical (unpaired) electrons. The molecule has 0 unspecified atom stereocenters. The van der Waals surface area contributed by atoms with Gasteiger partial charge in [0, 0.05) is 18.5 Å². The van der Waals surface area contributed by atoms with E-state index in [0.29, 0.717) is 13.0 Å². The molecule has 0 aromatic heterocycles. The second kappa shape index (κ2) is 9.14. The lowest BCUT2D eigenvalue weighted by Gasteiger charge is -2.05. The van der Waals surface area contributed by atoms with Crippen molar-refractivity contribution in [2.45, 2.75) is 20.0 Å². The van der Waals surface area contributed by atoms with E-state index in [1.807, 2.05) is 37.3 Å². The van der Waals surface area contributed by atoms with Gasteiger partial charge in [-0.05, 0) is 36.2 Å². The molecule has 25 heavy (non-hydrogen) atoms. The Morgan fingerprint density at radius 2 is 1.92 bits per heavy atom. The van der Waals surface area contributed by atoms with Gasteiger partial charge >= 0.3 is 12.1 Å². The van der Waals surface area contributed by atoms with Crippen molar-refractivity contribution in [1.29, 1.82) is 0 Å². The maximum Gasteiger partial charge on any atom is 0.407 e. The van der Waals surface area contributed by atoms with Crippen molar-refractivity contribution >= 4 is 12.1 Å². The SMILES string of the molecule is Cc1cc(C(=O)O)ccc1C#CCCNC(=O)OCc1ccccc1. The molecule has 0 spiro atoms. The maximum absolute atomic E-state index is 11.6. The number of rotatable bonds is 5. The van der Waals surface area contributed by atoms with Gasteiger partial charge in [0.1, 0.15) is 6.61 Å². The van der Waals surface area contributed by atoms with E-state index in [1.54, 1.807) is 12.1 Å². The maximum atomic E-state index is 11.6. The molecule has 0 heterocycles. The average molecular weight is 337 g/mol. The summed E-state index contributed by atoms with van der Waals surface area (Å²) in [7, 11) is 0. The number of aromatic carboxylic acids is 1. The summed E-state index contributed by atoms with van der Waals surface area (Å²) in [6.45, 7) is 2.43. The van der Waals surface area contributed by atoms with Crippen molar-refractivity contribution in [3.05, 3.63) is 70.8 Å². The van der Waals surface area contributed by atoms with Crippen LogP contribution < -0.4 is 5.32 Å². The van der Waals surface area contributed by atoms with E-state index in [9.17, 15) is 9.59 Å². The molecular formula is C20H19NO4. The zero-order valence-electron chi connectivity index (χ0n) is 13.9. The summed E-state index contributed by atoms with van der Waals surface area (Å²) in [6.07, 6.45) is -0.00626. The first-order valence-corrected chi connectivity index (χ1v) is 7.83. The number of carboxylic acids is 1. The molecule has 0 aliphatic carbocycles. The average Bonchev–Trinajstić information content (AvgIpc) is 2.61. The summed E-state index contributed by atoms with van der Waals surface area (Å²) in [4.78, 5) is 22.5. The number of carboxylic acid groups (broad SMARTS) is 1. The van der Waals surface area contributed by atoms with Crippen molar-refractivity contribution < 1.29 is 19.4 Å². The van der Waals surface area contributed by atoms with Gasteiger partial charge in [-0.15, -0.1) is 0 Å². The number of aryl methyl sites for hydroxylation is 1. The van der Waals surface area contributed by atoms with Crippen LogP contribution in [-0.2, 0) is 11.3 Å². The second-order valence-corrected chi connectivity index (χ2v) is 5.38. The number of carbonyl (C=O) groups is 2. The van der Waals surface area contributed by atoms with Crippen LogP contribution in [0, 0.1) is 18.8 Å². The molecule has 0 bridgehead atoms. The Labute approximate surface area is 146 Å². The Morgan fingerprint density at radius 3 is 2.60 bits per heavy atom. The lowest BCUT2D eigenvalue weighted by atomic mass is 10.1. The summed E-state index contributed by atoms with van der Waals surface area (Å²) in [6, 6.07) is 14.2. The molecule has 128 valence electrons. The minimum atomic E-state index is -0.958. The van der Waals surface area contributed by atoms with Crippen molar-refractivity contribution in [2.24, 2.45) is 0 Å². The lowest BCUT2D eigenvalue weighted by Crippen LogP contribution is -2.24. The topological polar surface area (TPSA) is 75.6 Å². The van der Waals surface area contributed by atoms with E-state index < -0.39 is 12.1 Å². The van der Waals surface area contributed by atoms with Gasteiger partial charge in [0.15, 0.2) is 0 Å². The van der Waals surface area contributed by atoms with Gasteiger partial charge in [0.2, 0.25) is 0 Å². The first-order valence-electron chi connectivity index (χ1n) is 7.83. The first kappa shape index (κ1) is 18.1. The zero-order chi connectivity index (χ0) is 18.1. The summed E-state index contributed by atoms with van der Waals surface area (Å²) < 4.78 is 5.09. The second-order valence-electron chi connectivity index (χ2n) is 5.38. The standard InChI is InChI=1S/C20H19NO4/c1-15-13-18(19(22)23)11-10-17(15)9-5-6-12-21-20(24)25-14-16-7-3-2-4-8-16/h2-4,7-8,10-11,13H,6,12,14H2,1H3,(H,21,24)(H,22,23). The van der Waals surface area contributed by atoms with Crippen molar-refractivity contribution in [3.8, 4) is 11.8 Å². The third-order valence-corrected chi connectivity index (χ3v) is 3.43. The number of alkyl carbamates (subject to hydrolysis) is 1. The minimum absolute atomic E-state index is 0.230. The number of carbonyl (C=O) groups excluding carboxylic acids is 1. The Balaban J connectivity index is 1.73. The van der Waals surface area contributed by atoms with Crippen LogP contribution in [0.25, 0.3) is 0 Å². The summed E-state index contributed by atoms with van der Waals surface area (Å²) in [5.41, 5.74) is 2.75. The molecule has 2 N–H and O–H groups in total. The minimum Gasteiger partial charge on any atom is -0.478 e. The Hall–Kier alpha value is -3.26. The van der Waals surface area contributed by atoms with Gasteiger partial charge in [-0.1, -0.05) is 42.2 Å². The highest BCUT2D eigenvalue weighted by molar-refractivity contribution is 5.88. The number of hydrogen-bond donors (Lipinski definition) is 2. The smallest absolute Gasteiger partial charge is 0.407 e.